The van der Waals surface area contributed by atoms with E-state index in [2.05, 4.69) is 16.4 Å². The summed E-state index contributed by atoms with van der Waals surface area (Å²) in [6.07, 6.45) is 0.510. The van der Waals surface area contributed by atoms with E-state index in [0.29, 0.717) is 18.8 Å². The summed E-state index contributed by atoms with van der Waals surface area (Å²) in [5.41, 5.74) is 2.06. The highest BCUT2D eigenvalue weighted by Crippen LogP contribution is 2.44. The number of H-pyrrole nitrogens is 1. The van der Waals surface area contributed by atoms with Gasteiger partial charge in [-0.05, 0) is 49.6 Å². The molecule has 1 aromatic heterocycles. The largest absolute Gasteiger partial charge is 0.493 e. The number of rotatable bonds is 10. The molecule has 1 unspecified atom stereocenters. The summed E-state index contributed by atoms with van der Waals surface area (Å²) in [7, 11) is 0. The fourth-order valence-corrected chi connectivity index (χ4v) is 7.36. The molecule has 2 aliphatic heterocycles. The molecule has 6 rings (SSSR count). The van der Waals surface area contributed by atoms with Gasteiger partial charge in [0, 0.05) is 54.0 Å². The van der Waals surface area contributed by atoms with Crippen molar-refractivity contribution in [3.8, 4) is 0 Å². The number of halogens is 3. The predicted molar refractivity (Wildman–Crippen MR) is 165 cm³/mol. The fraction of sp³-hybridized carbons (Fsp3) is 0.406. The summed E-state index contributed by atoms with van der Waals surface area (Å²) in [5.74, 6) is -2.94. The first-order chi connectivity index (χ1) is 21.7. The lowest BCUT2D eigenvalue weighted by atomic mass is 10.00. The minimum absolute atomic E-state index is 0.0797. The predicted octanol–water partition coefficient (Wildman–Crippen LogP) is 5.12. The molecule has 2 N–H and O–H groups in total. The Morgan fingerprint density at radius 2 is 1.80 bits per heavy atom. The van der Waals surface area contributed by atoms with Gasteiger partial charge in [-0.1, -0.05) is 42.8 Å². The van der Waals surface area contributed by atoms with Crippen LogP contribution in [-0.4, -0.2) is 75.8 Å². The molecule has 9 nitrogen and oxygen atoms in total. The third-order valence-corrected chi connectivity index (χ3v) is 9.91. The Hall–Kier alpha value is -3.97. The van der Waals surface area contributed by atoms with E-state index < -0.39 is 23.6 Å². The number of amides is 2. The number of aromatic nitrogens is 1. The van der Waals surface area contributed by atoms with E-state index in [1.807, 2.05) is 24.4 Å². The number of carbonyl (C=O) groups is 3. The van der Waals surface area contributed by atoms with Crippen molar-refractivity contribution in [2.45, 2.75) is 55.4 Å². The molecule has 1 saturated carbocycles. The van der Waals surface area contributed by atoms with Gasteiger partial charge in [0.1, 0.15) is 0 Å². The molecule has 2 amide bonds. The normalized spacial score (nSPS) is 19.1. The zero-order valence-electron chi connectivity index (χ0n) is 24.5. The third kappa shape index (κ3) is 6.69. The van der Waals surface area contributed by atoms with Crippen LogP contribution in [0.3, 0.4) is 0 Å². The summed E-state index contributed by atoms with van der Waals surface area (Å²) in [5, 5.41) is 5.54. The first kappa shape index (κ1) is 31.0. The second kappa shape index (κ2) is 13.2. The van der Waals surface area contributed by atoms with E-state index >= 15 is 0 Å². The molecule has 1 aliphatic carbocycles. The van der Waals surface area contributed by atoms with Gasteiger partial charge in [-0.2, -0.15) is 18.2 Å². The SMILES string of the molecule is O=C(CCNCCc1c[nH]c2ccccc12)N1CCC2=C(C1)C(=O)N(c1ccccc1)C(SC1CCC1)N2OC(=O)C(F)(F)F. The van der Waals surface area contributed by atoms with E-state index in [1.54, 1.807) is 35.2 Å². The molecule has 3 aromatic rings. The smallest absolute Gasteiger partial charge is 0.361 e. The zero-order chi connectivity index (χ0) is 31.6. The lowest BCUT2D eigenvalue weighted by Crippen LogP contribution is -2.59. The van der Waals surface area contributed by atoms with E-state index in [-0.39, 0.29) is 48.4 Å². The number of nitrogens with one attached hydrogen (secondary N) is 2. The topological polar surface area (TPSA) is 98.0 Å². The Labute approximate surface area is 262 Å². The molecule has 13 heteroatoms. The Bertz CT molecular complexity index is 1590. The number of para-hydroxylation sites is 2. The summed E-state index contributed by atoms with van der Waals surface area (Å²) in [4.78, 5) is 50.6. The van der Waals surface area contributed by atoms with Crippen LogP contribution in [0, 0.1) is 0 Å². The molecule has 1 atom stereocenters. The van der Waals surface area contributed by atoms with Gasteiger partial charge < -0.3 is 20.0 Å². The molecule has 0 saturated heterocycles. The van der Waals surface area contributed by atoms with Crippen molar-refractivity contribution in [1.82, 2.24) is 20.3 Å². The van der Waals surface area contributed by atoms with Crippen LogP contribution >= 0.6 is 11.8 Å². The lowest BCUT2D eigenvalue weighted by Gasteiger charge is -2.48. The first-order valence-electron chi connectivity index (χ1n) is 15.1. The van der Waals surface area contributed by atoms with E-state index in [4.69, 9.17) is 4.84 Å². The molecule has 3 aliphatic rings. The number of aromatic amines is 1. The van der Waals surface area contributed by atoms with Crippen LogP contribution in [0.25, 0.3) is 10.9 Å². The Balaban J connectivity index is 1.16. The summed E-state index contributed by atoms with van der Waals surface area (Å²) < 4.78 is 40.3. The molecule has 3 heterocycles. The van der Waals surface area contributed by atoms with Gasteiger partial charge >= 0.3 is 12.1 Å². The van der Waals surface area contributed by atoms with Gasteiger partial charge in [-0.3, -0.25) is 14.5 Å². The maximum absolute atomic E-state index is 14.1. The van der Waals surface area contributed by atoms with Gasteiger partial charge in [0.15, 0.2) is 5.50 Å². The molecule has 2 aromatic carbocycles. The zero-order valence-corrected chi connectivity index (χ0v) is 25.3. The van der Waals surface area contributed by atoms with Crippen molar-refractivity contribution in [3.05, 3.63) is 77.6 Å². The van der Waals surface area contributed by atoms with Crippen LogP contribution < -0.4 is 10.2 Å². The van der Waals surface area contributed by atoms with E-state index in [9.17, 15) is 27.6 Å². The molecule has 0 bridgehead atoms. The molecule has 0 spiro atoms. The second-order valence-electron chi connectivity index (χ2n) is 11.3. The minimum atomic E-state index is -5.22. The summed E-state index contributed by atoms with van der Waals surface area (Å²) in [6.45, 7) is 1.21. The molecule has 238 valence electrons. The average molecular weight is 642 g/mol. The van der Waals surface area contributed by atoms with Crippen molar-refractivity contribution in [1.29, 1.82) is 0 Å². The van der Waals surface area contributed by atoms with Crippen molar-refractivity contribution in [2.75, 3.05) is 31.1 Å². The Morgan fingerprint density at radius 3 is 2.53 bits per heavy atom. The Kier molecular flexibility index (Phi) is 9.09. The van der Waals surface area contributed by atoms with Crippen LogP contribution in [0.1, 0.15) is 37.7 Å². The molecular weight excluding hydrogens is 607 g/mol. The van der Waals surface area contributed by atoms with Crippen LogP contribution in [0.5, 0.6) is 0 Å². The fourth-order valence-electron chi connectivity index (χ4n) is 5.79. The van der Waals surface area contributed by atoms with E-state index in [0.717, 1.165) is 41.6 Å². The number of nitrogens with zero attached hydrogens (tertiary/aromatic N) is 3. The van der Waals surface area contributed by atoms with Crippen LogP contribution in [0.4, 0.5) is 18.9 Å². The highest BCUT2D eigenvalue weighted by Gasteiger charge is 2.50. The van der Waals surface area contributed by atoms with Gasteiger partial charge in [-0.15, -0.1) is 11.8 Å². The van der Waals surface area contributed by atoms with Gasteiger partial charge in [-0.25, -0.2) is 4.79 Å². The minimum Gasteiger partial charge on any atom is -0.361 e. The summed E-state index contributed by atoms with van der Waals surface area (Å²) >= 11 is 1.31. The number of fused-ring (bicyclic) bond motifs is 1. The molecule has 45 heavy (non-hydrogen) atoms. The number of anilines is 1. The Morgan fingerprint density at radius 1 is 1.04 bits per heavy atom. The van der Waals surface area contributed by atoms with Crippen LogP contribution in [0.15, 0.2) is 72.1 Å². The van der Waals surface area contributed by atoms with E-state index in [1.165, 1.54) is 22.2 Å². The third-order valence-electron chi connectivity index (χ3n) is 8.41. The average Bonchev–Trinajstić information content (AvgIpc) is 3.43. The van der Waals surface area contributed by atoms with Crippen molar-refractivity contribution in [2.24, 2.45) is 0 Å². The molecule has 1 fully saturated rings. The lowest BCUT2D eigenvalue weighted by molar-refractivity contribution is -0.235. The maximum Gasteiger partial charge on any atom is 0.493 e. The van der Waals surface area contributed by atoms with Gasteiger partial charge in [0.2, 0.25) is 5.91 Å². The quantitative estimate of drug-likeness (QED) is 0.297. The monoisotopic (exact) mass is 641 g/mol. The highest BCUT2D eigenvalue weighted by molar-refractivity contribution is 8.00. The van der Waals surface area contributed by atoms with Crippen molar-refractivity contribution >= 4 is 46.1 Å². The molecular formula is C32H34F3N5O4S. The number of alkyl halides is 3. The van der Waals surface area contributed by atoms with Gasteiger partial charge in [0.25, 0.3) is 5.91 Å². The number of hydrogen-bond acceptors (Lipinski definition) is 7. The van der Waals surface area contributed by atoms with Crippen LogP contribution in [0.2, 0.25) is 0 Å². The van der Waals surface area contributed by atoms with Gasteiger partial charge in [0.05, 0.1) is 17.8 Å². The van der Waals surface area contributed by atoms with Crippen LogP contribution in [-0.2, 0) is 25.6 Å². The number of benzene rings is 2. The van der Waals surface area contributed by atoms with Crippen molar-refractivity contribution < 1.29 is 32.4 Å². The number of hydrogen-bond donors (Lipinski definition) is 2. The maximum atomic E-state index is 14.1. The second-order valence-corrected chi connectivity index (χ2v) is 12.7. The summed E-state index contributed by atoms with van der Waals surface area (Å²) in [6, 6.07) is 16.7. The standard InChI is InChI=1S/C32H34F3N5O4S/c33-32(34,35)30(43)44-40-27-15-18-38(28(41)14-17-36-16-13-21-19-37-26-12-5-4-11-24(21)26)20-25(27)29(42)39(22-7-2-1-3-8-22)31(40)45-23-9-6-10-23/h1-5,7-8,11-12,19,23,31,36-37H,6,9-10,13-18,20H2. The number of hydroxylamine groups is 2. The number of carbonyl (C=O) groups excluding carboxylic acids is 3. The molecule has 0 radical (unpaired) electrons. The van der Waals surface area contributed by atoms with Crippen molar-refractivity contribution in [3.63, 3.8) is 0 Å². The first-order valence-corrected chi connectivity index (χ1v) is 16.0. The highest BCUT2D eigenvalue weighted by atomic mass is 32.2. The number of thioether (sulfide) groups is 1.